The quantitative estimate of drug-likeness (QED) is 0.512. The second-order valence-corrected chi connectivity index (χ2v) is 4.83. The molecule has 1 aromatic rings. The maximum absolute atomic E-state index is 12.0. The fraction of sp³-hybridized carbons (Fsp3) is 0.357. The Hall–Kier alpha value is -2.35. The summed E-state index contributed by atoms with van der Waals surface area (Å²) >= 11 is 0. The van der Waals surface area contributed by atoms with Crippen molar-refractivity contribution in [1.82, 2.24) is 5.32 Å². The summed E-state index contributed by atoms with van der Waals surface area (Å²) in [7, 11) is 0. The highest BCUT2D eigenvalue weighted by molar-refractivity contribution is 5.84. The van der Waals surface area contributed by atoms with E-state index < -0.39 is 16.4 Å². The predicted molar refractivity (Wildman–Crippen MR) is 72.6 cm³/mol. The zero-order valence-electron chi connectivity index (χ0n) is 11.1. The van der Waals surface area contributed by atoms with E-state index in [0.717, 1.165) is 0 Å². The Morgan fingerprint density at radius 1 is 1.53 bits per heavy atom. The zero-order chi connectivity index (χ0) is 14.6. The Morgan fingerprint density at radius 2 is 2.16 bits per heavy atom. The number of benzene rings is 1. The smallest absolute Gasteiger partial charge is 0.269 e. The number of carbonyl (C=O) groups excluding carboxylic acids is 1. The van der Waals surface area contributed by atoms with Crippen LogP contribution in [0.3, 0.4) is 0 Å². The first-order valence-electron chi connectivity index (χ1n) is 5.81. The van der Waals surface area contributed by atoms with Gasteiger partial charge < -0.3 is 5.32 Å². The number of rotatable bonds is 4. The number of hydrogen-bond acceptors (Lipinski definition) is 3. The topological polar surface area (TPSA) is 72.2 Å². The van der Waals surface area contributed by atoms with Crippen molar-refractivity contribution in [2.75, 3.05) is 0 Å². The molecule has 0 saturated carbocycles. The van der Waals surface area contributed by atoms with E-state index >= 15 is 0 Å². The van der Waals surface area contributed by atoms with E-state index in [1.807, 2.05) is 0 Å². The highest BCUT2D eigenvalue weighted by Gasteiger charge is 2.23. The second kappa shape index (κ2) is 5.53. The summed E-state index contributed by atoms with van der Waals surface area (Å²) in [6.07, 6.45) is 5.30. The van der Waals surface area contributed by atoms with Gasteiger partial charge in [-0.25, -0.2) is 0 Å². The molecule has 0 spiro atoms. The lowest BCUT2D eigenvalue weighted by Crippen LogP contribution is -2.43. The monoisotopic (exact) mass is 260 g/mol. The lowest BCUT2D eigenvalue weighted by Gasteiger charge is -2.22. The Balaban J connectivity index is 2.92. The zero-order valence-corrected chi connectivity index (χ0v) is 11.1. The number of nitro benzene ring substituents is 1. The van der Waals surface area contributed by atoms with E-state index in [1.165, 1.54) is 12.1 Å². The molecule has 0 heterocycles. The maximum atomic E-state index is 12.0. The average molecular weight is 260 g/mol. The van der Waals surface area contributed by atoms with Crippen LogP contribution < -0.4 is 5.32 Å². The molecule has 1 unspecified atom stereocenters. The molecule has 5 nitrogen and oxygen atoms in total. The van der Waals surface area contributed by atoms with Gasteiger partial charge in [-0.1, -0.05) is 18.1 Å². The van der Waals surface area contributed by atoms with Crippen LogP contribution >= 0.6 is 0 Å². The number of carbonyl (C=O) groups is 1. The number of nitro groups is 1. The van der Waals surface area contributed by atoms with Gasteiger partial charge in [-0.15, -0.1) is 6.42 Å². The first-order valence-corrected chi connectivity index (χ1v) is 5.81. The van der Waals surface area contributed by atoms with Crippen LogP contribution in [0.5, 0.6) is 0 Å². The van der Waals surface area contributed by atoms with Gasteiger partial charge in [0.05, 0.1) is 16.4 Å². The summed E-state index contributed by atoms with van der Waals surface area (Å²) in [5, 5.41) is 13.4. The minimum absolute atomic E-state index is 0.0339. The highest BCUT2D eigenvalue weighted by Crippen LogP contribution is 2.21. The molecule has 19 heavy (non-hydrogen) atoms. The van der Waals surface area contributed by atoms with Gasteiger partial charge in [-0.2, -0.15) is 0 Å². The molecule has 1 N–H and O–H groups in total. The third-order valence-electron chi connectivity index (χ3n) is 2.77. The molecule has 1 amide bonds. The van der Waals surface area contributed by atoms with E-state index in [2.05, 4.69) is 11.2 Å². The fourth-order valence-corrected chi connectivity index (χ4v) is 1.51. The molecule has 0 radical (unpaired) electrons. The molecular weight excluding hydrogens is 244 g/mol. The van der Waals surface area contributed by atoms with Gasteiger partial charge in [-0.3, -0.25) is 14.9 Å². The highest BCUT2D eigenvalue weighted by atomic mass is 16.6. The summed E-state index contributed by atoms with van der Waals surface area (Å²) in [6.45, 7) is 5.11. The van der Waals surface area contributed by atoms with E-state index in [0.29, 0.717) is 5.56 Å². The summed E-state index contributed by atoms with van der Waals surface area (Å²) in [5.41, 5.74) is -0.195. The van der Waals surface area contributed by atoms with Crippen molar-refractivity contribution in [2.24, 2.45) is 0 Å². The van der Waals surface area contributed by atoms with Crippen molar-refractivity contribution < 1.29 is 9.72 Å². The van der Waals surface area contributed by atoms with Gasteiger partial charge in [0, 0.05) is 12.1 Å². The minimum atomic E-state index is -0.744. The van der Waals surface area contributed by atoms with Crippen LogP contribution in [-0.2, 0) is 4.79 Å². The first kappa shape index (κ1) is 14.7. The third kappa shape index (κ3) is 3.81. The summed E-state index contributed by atoms with van der Waals surface area (Å²) in [5.74, 6) is 1.70. The lowest BCUT2D eigenvalue weighted by molar-refractivity contribution is -0.384. The average Bonchev–Trinajstić information content (AvgIpc) is 2.37. The van der Waals surface area contributed by atoms with Crippen LogP contribution in [0.4, 0.5) is 5.69 Å². The number of hydrogen-bond donors (Lipinski definition) is 1. The SMILES string of the molecule is C#CC(C)(C)NC(=O)C(C)c1cccc([N+](=O)[O-])c1. The van der Waals surface area contributed by atoms with Gasteiger partial charge in [0.1, 0.15) is 0 Å². The van der Waals surface area contributed by atoms with Crippen LogP contribution in [-0.4, -0.2) is 16.4 Å². The minimum Gasteiger partial charge on any atom is -0.340 e. The Morgan fingerprint density at radius 3 is 2.68 bits per heavy atom. The van der Waals surface area contributed by atoms with E-state index in [9.17, 15) is 14.9 Å². The number of non-ortho nitro benzene ring substituents is 1. The number of terminal acetylenes is 1. The van der Waals surface area contributed by atoms with Crippen molar-refractivity contribution >= 4 is 11.6 Å². The first-order chi connectivity index (χ1) is 8.76. The number of nitrogens with one attached hydrogen (secondary N) is 1. The van der Waals surface area contributed by atoms with E-state index in [1.54, 1.807) is 32.9 Å². The lowest BCUT2D eigenvalue weighted by atomic mass is 9.98. The summed E-state index contributed by atoms with van der Waals surface area (Å²) < 4.78 is 0. The molecule has 0 saturated heterocycles. The Bertz CT molecular complexity index is 544. The molecule has 0 aliphatic heterocycles. The Kier molecular flexibility index (Phi) is 4.28. The van der Waals surface area contributed by atoms with Crippen molar-refractivity contribution in [2.45, 2.75) is 32.2 Å². The standard InChI is InChI=1S/C14H16N2O3/c1-5-14(3,4)15-13(17)10(2)11-7-6-8-12(9-11)16(18)19/h1,6-10H,2-4H3,(H,15,17). The third-order valence-corrected chi connectivity index (χ3v) is 2.77. The molecule has 1 atom stereocenters. The van der Waals surface area contributed by atoms with Crippen molar-refractivity contribution in [3.05, 3.63) is 39.9 Å². The second-order valence-electron chi connectivity index (χ2n) is 4.83. The maximum Gasteiger partial charge on any atom is 0.269 e. The molecule has 100 valence electrons. The molecule has 0 fully saturated rings. The van der Waals surface area contributed by atoms with Crippen LogP contribution in [0, 0.1) is 22.5 Å². The van der Waals surface area contributed by atoms with Gasteiger partial charge in [0.15, 0.2) is 0 Å². The van der Waals surface area contributed by atoms with Gasteiger partial charge in [0.2, 0.25) is 5.91 Å². The van der Waals surface area contributed by atoms with Crippen molar-refractivity contribution in [3.63, 3.8) is 0 Å². The molecule has 0 aliphatic rings. The van der Waals surface area contributed by atoms with Crippen LogP contribution in [0.15, 0.2) is 24.3 Å². The molecule has 0 bridgehead atoms. The summed E-state index contributed by atoms with van der Waals surface area (Å²) in [6, 6.07) is 6.02. The van der Waals surface area contributed by atoms with Crippen molar-refractivity contribution in [3.8, 4) is 12.3 Å². The number of amides is 1. The van der Waals surface area contributed by atoms with Crippen LogP contribution in [0.1, 0.15) is 32.3 Å². The molecular formula is C14H16N2O3. The fourth-order valence-electron chi connectivity index (χ4n) is 1.51. The number of nitrogens with zero attached hydrogens (tertiary/aromatic N) is 1. The van der Waals surface area contributed by atoms with E-state index in [-0.39, 0.29) is 11.6 Å². The van der Waals surface area contributed by atoms with Gasteiger partial charge in [-0.05, 0) is 26.3 Å². The Labute approximate surface area is 112 Å². The molecule has 0 aliphatic carbocycles. The normalized spacial score (nSPS) is 12.3. The molecule has 1 rings (SSSR count). The predicted octanol–water partition coefficient (Wildman–Crippen LogP) is 2.23. The van der Waals surface area contributed by atoms with Crippen LogP contribution in [0.25, 0.3) is 0 Å². The van der Waals surface area contributed by atoms with Gasteiger partial charge >= 0.3 is 0 Å². The molecule has 0 aromatic heterocycles. The molecule has 1 aromatic carbocycles. The largest absolute Gasteiger partial charge is 0.340 e. The van der Waals surface area contributed by atoms with E-state index in [4.69, 9.17) is 6.42 Å². The molecule has 5 heteroatoms. The van der Waals surface area contributed by atoms with Crippen molar-refractivity contribution in [1.29, 1.82) is 0 Å². The van der Waals surface area contributed by atoms with Crippen LogP contribution in [0.2, 0.25) is 0 Å². The summed E-state index contributed by atoms with van der Waals surface area (Å²) in [4.78, 5) is 22.2. The van der Waals surface area contributed by atoms with Gasteiger partial charge in [0.25, 0.3) is 5.69 Å².